The summed E-state index contributed by atoms with van der Waals surface area (Å²) in [6.07, 6.45) is 1.35. The van der Waals surface area contributed by atoms with Crippen molar-refractivity contribution >= 4 is 21.1 Å². The van der Waals surface area contributed by atoms with Crippen LogP contribution in [-0.2, 0) is 10.2 Å². The van der Waals surface area contributed by atoms with Crippen LogP contribution in [0.25, 0.3) is 22.2 Å². The molecule has 1 aliphatic rings. The predicted octanol–water partition coefficient (Wildman–Crippen LogP) is 4.14. The minimum atomic E-state index is -3.50. The molecule has 0 amide bonds. The van der Waals surface area contributed by atoms with Gasteiger partial charge in [-0.3, -0.25) is 0 Å². The van der Waals surface area contributed by atoms with Gasteiger partial charge in [0.1, 0.15) is 17.5 Å². The lowest BCUT2D eigenvalue weighted by Crippen LogP contribution is -2.41. The maximum atomic E-state index is 14.4. The van der Waals surface area contributed by atoms with Crippen LogP contribution < -0.4 is 4.72 Å². The van der Waals surface area contributed by atoms with Crippen molar-refractivity contribution in [2.24, 2.45) is 5.92 Å². The lowest BCUT2D eigenvalue weighted by Gasteiger charge is -2.36. The lowest BCUT2D eigenvalue weighted by molar-refractivity contribution is 0.266. The zero-order valence-electron chi connectivity index (χ0n) is 16.5. The number of fused-ring (bicyclic) bond motifs is 1. The van der Waals surface area contributed by atoms with Gasteiger partial charge in [-0.25, -0.2) is 17.9 Å². The molecular formula is C21H22F3N3O2S. The molecule has 0 bridgehead atoms. The number of nitrogens with zero attached hydrogens (tertiary/aromatic N) is 1. The number of nitrogens with one attached hydrogen (secondary N) is 2. The lowest BCUT2D eigenvalue weighted by atomic mass is 9.70. The molecule has 4 rings (SSSR count). The van der Waals surface area contributed by atoms with Crippen LogP contribution in [0.2, 0.25) is 0 Å². The molecule has 0 atom stereocenters. The first-order valence-corrected chi connectivity index (χ1v) is 11.0. The van der Waals surface area contributed by atoms with Crippen LogP contribution in [0.1, 0.15) is 24.3 Å². The molecule has 1 saturated carbocycles. The van der Waals surface area contributed by atoms with Gasteiger partial charge in [-0.15, -0.1) is 0 Å². The standard InChI is InChI=1S/C21H22F3N3O2S/c1-27(2)30(28,29)25-11-12-7-14(8-12)19-17-9-16(23)10-18(24)21(17)26-20(19)13-3-5-15(22)6-4-13/h3-6,9-10,12,14,25-26H,7-8,11H2,1-2H3. The van der Waals surface area contributed by atoms with Crippen molar-refractivity contribution in [3.63, 3.8) is 0 Å². The van der Waals surface area contributed by atoms with E-state index in [0.29, 0.717) is 36.0 Å². The summed E-state index contributed by atoms with van der Waals surface area (Å²) in [6, 6.07) is 7.97. The number of rotatable bonds is 6. The molecule has 1 fully saturated rings. The summed E-state index contributed by atoms with van der Waals surface area (Å²) >= 11 is 0. The van der Waals surface area contributed by atoms with Crippen LogP contribution in [-0.4, -0.2) is 38.3 Å². The molecular weight excluding hydrogens is 415 g/mol. The Labute approximate surface area is 173 Å². The van der Waals surface area contributed by atoms with E-state index in [1.807, 2.05) is 0 Å². The van der Waals surface area contributed by atoms with Gasteiger partial charge in [0.05, 0.1) is 11.2 Å². The smallest absolute Gasteiger partial charge is 0.278 e. The summed E-state index contributed by atoms with van der Waals surface area (Å²) in [5.41, 5.74) is 2.30. The average Bonchev–Trinajstić information content (AvgIpc) is 3.00. The first kappa shape index (κ1) is 20.9. The van der Waals surface area contributed by atoms with Gasteiger partial charge < -0.3 is 4.98 Å². The Hall–Kier alpha value is -2.36. The SMILES string of the molecule is CN(C)S(=O)(=O)NCC1CC(c2c(-c3ccc(F)cc3)[nH]c3c(F)cc(F)cc23)C1. The van der Waals surface area contributed by atoms with Gasteiger partial charge in [-0.1, -0.05) is 0 Å². The first-order chi connectivity index (χ1) is 14.2. The van der Waals surface area contributed by atoms with Crippen molar-refractivity contribution < 1.29 is 21.6 Å². The topological polar surface area (TPSA) is 65.2 Å². The summed E-state index contributed by atoms with van der Waals surface area (Å²) in [5, 5.41) is 0.462. The second-order valence-electron chi connectivity index (χ2n) is 7.90. The summed E-state index contributed by atoms with van der Waals surface area (Å²) in [5.74, 6) is -1.61. The number of H-pyrrole nitrogens is 1. The van der Waals surface area contributed by atoms with Crippen molar-refractivity contribution in [1.29, 1.82) is 0 Å². The number of benzene rings is 2. The molecule has 0 saturated heterocycles. The van der Waals surface area contributed by atoms with Crippen LogP contribution in [0.3, 0.4) is 0 Å². The van der Waals surface area contributed by atoms with E-state index in [-0.39, 0.29) is 23.2 Å². The van der Waals surface area contributed by atoms with Crippen LogP contribution in [0, 0.1) is 23.4 Å². The highest BCUT2D eigenvalue weighted by molar-refractivity contribution is 7.87. The molecule has 0 unspecified atom stereocenters. The number of hydrogen-bond acceptors (Lipinski definition) is 2. The zero-order chi connectivity index (χ0) is 21.6. The maximum Gasteiger partial charge on any atom is 0.278 e. The van der Waals surface area contributed by atoms with Crippen LogP contribution in [0.4, 0.5) is 13.2 Å². The number of halogens is 3. The largest absolute Gasteiger partial charge is 0.352 e. The minimum absolute atomic E-state index is 0.00821. The molecule has 0 radical (unpaired) electrons. The number of hydrogen-bond donors (Lipinski definition) is 2. The summed E-state index contributed by atoms with van der Waals surface area (Å²) in [7, 11) is -0.591. The van der Waals surface area contributed by atoms with Crippen molar-refractivity contribution in [3.8, 4) is 11.3 Å². The Morgan fingerprint density at radius 2 is 1.73 bits per heavy atom. The fourth-order valence-corrected chi connectivity index (χ4v) is 4.70. The zero-order valence-corrected chi connectivity index (χ0v) is 17.4. The van der Waals surface area contributed by atoms with E-state index in [9.17, 15) is 21.6 Å². The van der Waals surface area contributed by atoms with E-state index in [4.69, 9.17) is 0 Å². The molecule has 9 heteroatoms. The molecule has 3 aromatic rings. The molecule has 5 nitrogen and oxygen atoms in total. The first-order valence-electron chi connectivity index (χ1n) is 9.59. The van der Waals surface area contributed by atoms with Gasteiger partial charge in [0, 0.05) is 32.1 Å². The Kier molecular flexibility index (Phi) is 5.37. The highest BCUT2D eigenvalue weighted by Gasteiger charge is 2.35. The van der Waals surface area contributed by atoms with Crippen LogP contribution in [0.15, 0.2) is 36.4 Å². The van der Waals surface area contributed by atoms with Gasteiger partial charge in [0.2, 0.25) is 0 Å². The highest BCUT2D eigenvalue weighted by atomic mass is 32.2. The Morgan fingerprint density at radius 1 is 1.07 bits per heavy atom. The molecule has 0 aliphatic heterocycles. The molecule has 30 heavy (non-hydrogen) atoms. The summed E-state index contributed by atoms with van der Waals surface area (Å²) in [6.45, 7) is 0.300. The van der Waals surface area contributed by atoms with E-state index >= 15 is 0 Å². The average molecular weight is 437 g/mol. The predicted molar refractivity (Wildman–Crippen MR) is 110 cm³/mol. The monoisotopic (exact) mass is 437 g/mol. The Balaban J connectivity index is 1.65. The van der Waals surface area contributed by atoms with Gasteiger partial charge >= 0.3 is 0 Å². The molecule has 160 valence electrons. The van der Waals surface area contributed by atoms with E-state index in [1.54, 1.807) is 12.1 Å². The maximum absolute atomic E-state index is 14.4. The van der Waals surface area contributed by atoms with Crippen LogP contribution in [0.5, 0.6) is 0 Å². The fourth-order valence-electron chi connectivity index (χ4n) is 4.00. The molecule has 2 aromatic carbocycles. The van der Waals surface area contributed by atoms with E-state index in [1.165, 1.54) is 32.3 Å². The van der Waals surface area contributed by atoms with Gasteiger partial charge in [-0.05, 0) is 66.1 Å². The second kappa shape index (κ2) is 7.72. The van der Waals surface area contributed by atoms with Crippen molar-refractivity contribution in [2.75, 3.05) is 20.6 Å². The third kappa shape index (κ3) is 3.84. The van der Waals surface area contributed by atoms with Gasteiger partial charge in [-0.2, -0.15) is 12.7 Å². The normalized spacial score (nSPS) is 19.4. The number of aromatic amines is 1. The van der Waals surface area contributed by atoms with Gasteiger partial charge in [0.25, 0.3) is 10.2 Å². The van der Waals surface area contributed by atoms with Crippen LogP contribution >= 0.6 is 0 Å². The molecule has 2 N–H and O–H groups in total. The Morgan fingerprint density at radius 3 is 2.37 bits per heavy atom. The van der Waals surface area contributed by atoms with Crippen molar-refractivity contribution in [2.45, 2.75) is 18.8 Å². The minimum Gasteiger partial charge on any atom is -0.352 e. The van der Waals surface area contributed by atoms with E-state index < -0.39 is 21.8 Å². The van der Waals surface area contributed by atoms with Gasteiger partial charge in [0.15, 0.2) is 0 Å². The molecule has 1 aliphatic carbocycles. The quantitative estimate of drug-likeness (QED) is 0.609. The molecule has 1 aromatic heterocycles. The third-order valence-corrected chi connectivity index (χ3v) is 7.17. The molecule has 0 spiro atoms. The van der Waals surface area contributed by atoms with E-state index in [0.717, 1.165) is 15.9 Å². The second-order valence-corrected chi connectivity index (χ2v) is 9.87. The number of aromatic nitrogens is 1. The summed E-state index contributed by atoms with van der Waals surface area (Å²) < 4.78 is 69.2. The van der Waals surface area contributed by atoms with E-state index in [2.05, 4.69) is 9.71 Å². The highest BCUT2D eigenvalue weighted by Crippen LogP contribution is 2.48. The summed E-state index contributed by atoms with van der Waals surface area (Å²) in [4.78, 5) is 3.05. The fraction of sp³-hybridized carbons (Fsp3) is 0.333. The van der Waals surface area contributed by atoms with Crippen molar-refractivity contribution in [1.82, 2.24) is 14.0 Å². The molecule has 1 heterocycles. The van der Waals surface area contributed by atoms with Crippen molar-refractivity contribution in [3.05, 3.63) is 59.4 Å². The third-order valence-electron chi connectivity index (χ3n) is 5.68. The Bertz CT molecular complexity index is 1180.